The van der Waals surface area contributed by atoms with Gasteiger partial charge in [-0.2, -0.15) is 0 Å². The van der Waals surface area contributed by atoms with E-state index in [-0.39, 0.29) is 59.9 Å². The molecule has 94 valence electrons. The van der Waals surface area contributed by atoms with Crippen molar-refractivity contribution in [1.82, 2.24) is 0 Å². The van der Waals surface area contributed by atoms with Crippen molar-refractivity contribution < 1.29 is 53.9 Å². The normalized spacial score (nSPS) is 5.14. The molecule has 4 N–H and O–H groups in total. The maximum Gasteiger partial charge on any atom is 0.0402 e. The summed E-state index contributed by atoms with van der Waals surface area (Å²) < 4.78 is 0. The average Bonchev–Trinajstić information content (AvgIpc) is 1.92. The molecule has 0 rings (SSSR count). The first-order valence-corrected chi connectivity index (χ1v) is 4.09. The summed E-state index contributed by atoms with van der Waals surface area (Å²) in [6.45, 7) is 7.72. The Kier molecular flexibility index (Phi) is 254. The maximum atomic E-state index is 7.57. The summed E-state index contributed by atoms with van der Waals surface area (Å²) in [5, 5.41) is 30.3. The van der Waals surface area contributed by atoms with Crippen LogP contribution in [0, 0.1) is 0 Å². The molecule has 0 radical (unpaired) electrons. The van der Waals surface area contributed by atoms with Gasteiger partial charge in [-0.3, -0.25) is 0 Å². The van der Waals surface area contributed by atoms with Crippen molar-refractivity contribution in [3.05, 3.63) is 0 Å². The minimum atomic E-state index is 0. The van der Waals surface area contributed by atoms with Crippen LogP contribution >= 0.6 is 0 Å². The summed E-state index contributed by atoms with van der Waals surface area (Å²) in [7, 11) is 0. The zero-order valence-corrected chi connectivity index (χ0v) is 13.1. The van der Waals surface area contributed by atoms with Crippen LogP contribution in [0.2, 0.25) is 0 Å². The number of hydrogen-bond donors (Lipinski definition) is 4. The summed E-state index contributed by atoms with van der Waals surface area (Å²) in [4.78, 5) is 0. The Labute approximate surface area is 108 Å². The van der Waals surface area contributed by atoms with Crippen molar-refractivity contribution in [1.29, 1.82) is 0 Å². The van der Waals surface area contributed by atoms with Gasteiger partial charge in [0.1, 0.15) is 0 Å². The van der Waals surface area contributed by atoms with E-state index in [1.807, 2.05) is 0 Å². The van der Waals surface area contributed by atoms with Crippen LogP contribution in [0.3, 0.4) is 0 Å². The van der Waals surface area contributed by atoms with Crippen LogP contribution in [0.1, 0.15) is 27.7 Å². The number of halogens is 1. The Bertz CT molecular complexity index is 29.3. The molecule has 0 amide bonds. The third-order valence-corrected chi connectivity index (χ3v) is 0. The van der Waals surface area contributed by atoms with E-state index in [0.29, 0.717) is 0 Å². The summed E-state index contributed by atoms with van der Waals surface area (Å²) in [5.41, 5.74) is 0. The Balaban J connectivity index is -0.0000000145. The molecule has 14 heavy (non-hydrogen) atoms. The molecule has 0 heterocycles. The number of rotatable bonds is 0. The van der Waals surface area contributed by atoms with E-state index in [9.17, 15) is 0 Å². The van der Waals surface area contributed by atoms with Crippen LogP contribution < -0.4 is 12.4 Å². The molecule has 0 saturated carbocycles. The van der Waals surface area contributed by atoms with Crippen molar-refractivity contribution in [2.45, 2.75) is 27.7 Å². The first kappa shape index (κ1) is 36.4. The Morgan fingerprint density at radius 1 is 0.571 bits per heavy atom. The topological polar surface area (TPSA) is 80.9 Å². The van der Waals surface area contributed by atoms with Crippen LogP contribution in [0.5, 0.6) is 0 Å². The van der Waals surface area contributed by atoms with Gasteiger partial charge < -0.3 is 32.8 Å². The Hall–Kier alpha value is 0.818. The number of hydrogen-bond acceptors (Lipinski definition) is 4. The number of aliphatic hydroxyl groups excluding tert-OH is 4. The fraction of sp³-hybridized carbons (Fsp3) is 1.00. The molecule has 0 spiro atoms. The summed E-state index contributed by atoms with van der Waals surface area (Å²) in [6.07, 6.45) is 0. The third-order valence-electron chi connectivity index (χ3n) is 0. The van der Waals surface area contributed by atoms with E-state index >= 15 is 0 Å². The fourth-order valence-corrected chi connectivity index (χ4v) is 0. The molecule has 0 atom stereocenters. The van der Waals surface area contributed by atoms with Gasteiger partial charge in [-0.15, -0.1) is 0 Å². The first-order valence-electron chi connectivity index (χ1n) is 4.09. The Morgan fingerprint density at radius 3 is 0.571 bits per heavy atom. The summed E-state index contributed by atoms with van der Waals surface area (Å²) >= 11 is 0. The molecule has 6 heteroatoms. The van der Waals surface area contributed by atoms with Gasteiger partial charge in [-0.1, -0.05) is 0 Å². The average molecular weight is 404 g/mol. The van der Waals surface area contributed by atoms with Gasteiger partial charge in [0, 0.05) is 47.5 Å². The smallest absolute Gasteiger partial charge is 0.0402 e. The maximum absolute atomic E-state index is 7.57. The third kappa shape index (κ3) is 2670. The predicted molar refractivity (Wildman–Crippen MR) is 51.0 cm³/mol. The first-order chi connectivity index (χ1) is 5.66. The van der Waals surface area contributed by atoms with E-state index in [4.69, 9.17) is 20.4 Å². The zero-order chi connectivity index (χ0) is 10.8. The second kappa shape index (κ2) is 97.8. The van der Waals surface area contributed by atoms with Gasteiger partial charge in [0.25, 0.3) is 0 Å². The van der Waals surface area contributed by atoms with Crippen LogP contribution in [-0.2, 0) is 21.1 Å². The second-order valence-electron chi connectivity index (χ2n) is 1.26. The molecule has 0 bridgehead atoms. The zero-order valence-electron chi connectivity index (χ0n) is 9.40. The van der Waals surface area contributed by atoms with Gasteiger partial charge in [-0.25, -0.2) is 0 Å². The number of aliphatic hydroxyl groups is 4. The molecule has 0 saturated heterocycles. The van der Waals surface area contributed by atoms with Crippen molar-refractivity contribution in [3.8, 4) is 0 Å². The molecule has 0 aromatic rings. The molecule has 0 aromatic heterocycles. The van der Waals surface area contributed by atoms with Crippen molar-refractivity contribution in [2.24, 2.45) is 0 Å². The monoisotopic (exact) mass is 403 g/mol. The van der Waals surface area contributed by atoms with E-state index < -0.39 is 0 Å². The van der Waals surface area contributed by atoms with Crippen LogP contribution in [0.15, 0.2) is 0 Å². The van der Waals surface area contributed by atoms with Crippen LogP contribution in [-0.4, -0.2) is 46.9 Å². The molecule has 0 aliphatic rings. The summed E-state index contributed by atoms with van der Waals surface area (Å²) in [6, 6.07) is 0. The van der Waals surface area contributed by atoms with Crippen molar-refractivity contribution in [3.63, 3.8) is 0 Å². The van der Waals surface area contributed by atoms with Crippen LogP contribution in [0.4, 0.5) is 0 Å². The Morgan fingerprint density at radius 2 is 0.571 bits per heavy atom. The molecular formula is C8H24ClO4W-. The van der Waals surface area contributed by atoms with E-state index in [2.05, 4.69) is 0 Å². The molecule has 0 aliphatic carbocycles. The van der Waals surface area contributed by atoms with Crippen molar-refractivity contribution in [2.75, 3.05) is 26.4 Å². The second-order valence-corrected chi connectivity index (χ2v) is 1.26. The fourth-order valence-electron chi connectivity index (χ4n) is 0. The predicted octanol–water partition coefficient (Wildman–Crippen LogP) is -3.00. The molecule has 4 nitrogen and oxygen atoms in total. The van der Waals surface area contributed by atoms with E-state index in [0.717, 1.165) is 0 Å². The molecule has 0 aliphatic heterocycles. The molecule has 0 unspecified atom stereocenters. The van der Waals surface area contributed by atoms with Gasteiger partial charge >= 0.3 is 0 Å². The minimum Gasteiger partial charge on any atom is -1.00 e. The summed E-state index contributed by atoms with van der Waals surface area (Å²) in [5.74, 6) is 0. The van der Waals surface area contributed by atoms with Gasteiger partial charge in [0.15, 0.2) is 0 Å². The minimum absolute atomic E-state index is 0. The quantitative estimate of drug-likeness (QED) is 0.348. The van der Waals surface area contributed by atoms with E-state index in [1.165, 1.54) is 0 Å². The van der Waals surface area contributed by atoms with Crippen molar-refractivity contribution >= 4 is 0 Å². The SMILES string of the molecule is CCO.CCO.CCO.CCO.[Cl-].[W]. The molecule has 0 aromatic carbocycles. The van der Waals surface area contributed by atoms with Crippen LogP contribution in [0.25, 0.3) is 0 Å². The van der Waals surface area contributed by atoms with Gasteiger partial charge in [-0.05, 0) is 27.7 Å². The van der Waals surface area contributed by atoms with Gasteiger partial charge in [0.05, 0.1) is 0 Å². The molecule has 0 fully saturated rings. The molecular weight excluding hydrogens is 379 g/mol. The van der Waals surface area contributed by atoms with Gasteiger partial charge in [0.2, 0.25) is 0 Å². The largest absolute Gasteiger partial charge is 1.00 e. The standard InChI is InChI=1S/4C2H6O.ClH.W/c4*1-2-3;;/h4*3H,2H2,1H3;1H;/p-1. The van der Waals surface area contributed by atoms with E-state index in [1.54, 1.807) is 27.7 Å².